The van der Waals surface area contributed by atoms with Gasteiger partial charge in [0.15, 0.2) is 0 Å². The molecule has 0 aliphatic carbocycles. The maximum absolute atomic E-state index is 12.0. The molecule has 0 aliphatic heterocycles. The largest absolute Gasteiger partial charge is 0.494 e. The minimum Gasteiger partial charge on any atom is -0.494 e. The summed E-state index contributed by atoms with van der Waals surface area (Å²) in [5, 5.41) is 3.33. The molecule has 0 heterocycles. The van der Waals surface area contributed by atoms with Crippen molar-refractivity contribution in [1.82, 2.24) is 5.32 Å². The second-order valence-electron chi connectivity index (χ2n) is 4.87. The lowest BCUT2D eigenvalue weighted by molar-refractivity contribution is -0.136. The highest BCUT2D eigenvalue weighted by Gasteiger charge is 2.26. The van der Waals surface area contributed by atoms with Gasteiger partial charge in [0.2, 0.25) is 0 Å². The monoisotopic (exact) mass is 289 g/mol. The van der Waals surface area contributed by atoms with Crippen LogP contribution < -0.4 is 10.1 Å². The lowest BCUT2D eigenvalue weighted by Crippen LogP contribution is -2.27. The maximum Gasteiger partial charge on any atom is 0.389 e. The normalized spacial score (nSPS) is 13.2. The van der Waals surface area contributed by atoms with Gasteiger partial charge in [-0.25, -0.2) is 0 Å². The van der Waals surface area contributed by atoms with Crippen LogP contribution in [0.25, 0.3) is 0 Å². The van der Waals surface area contributed by atoms with Gasteiger partial charge in [-0.3, -0.25) is 0 Å². The van der Waals surface area contributed by atoms with Gasteiger partial charge in [0.25, 0.3) is 0 Å². The number of benzene rings is 1. The molecular formula is C15H22F3NO. The average molecular weight is 289 g/mol. The minimum atomic E-state index is -4.10. The van der Waals surface area contributed by atoms with Crippen molar-refractivity contribution in [3.8, 4) is 5.75 Å². The number of ether oxygens (including phenoxy) is 1. The number of nitrogens with one attached hydrogen (secondary N) is 1. The van der Waals surface area contributed by atoms with E-state index < -0.39 is 12.6 Å². The predicted octanol–water partition coefficient (Wildman–Crippen LogP) is 3.95. The predicted molar refractivity (Wildman–Crippen MR) is 74.1 cm³/mol. The summed E-state index contributed by atoms with van der Waals surface area (Å²) in [5.41, 5.74) is 1.18. The van der Waals surface area contributed by atoms with E-state index in [1.165, 1.54) is 5.56 Å². The van der Waals surface area contributed by atoms with Crippen molar-refractivity contribution in [2.24, 2.45) is 0 Å². The molecule has 114 valence electrons. The Morgan fingerprint density at radius 2 is 1.85 bits per heavy atom. The Morgan fingerprint density at radius 3 is 2.40 bits per heavy atom. The highest BCUT2D eigenvalue weighted by Crippen LogP contribution is 2.21. The summed E-state index contributed by atoms with van der Waals surface area (Å²) in [6.45, 7) is 5.20. The lowest BCUT2D eigenvalue weighted by atomic mass is 10.1. The van der Waals surface area contributed by atoms with Crippen LogP contribution in [0.3, 0.4) is 0 Å². The van der Waals surface area contributed by atoms with E-state index in [1.54, 1.807) is 0 Å². The summed E-state index contributed by atoms with van der Waals surface area (Å²) in [5.74, 6) is 0.618. The van der Waals surface area contributed by atoms with Crippen LogP contribution in [0, 0.1) is 0 Å². The molecule has 0 saturated carbocycles. The van der Waals surface area contributed by atoms with Gasteiger partial charge >= 0.3 is 6.18 Å². The molecule has 1 aromatic carbocycles. The fraction of sp³-hybridized carbons (Fsp3) is 0.600. The molecule has 1 aromatic rings. The van der Waals surface area contributed by atoms with E-state index in [0.29, 0.717) is 11.8 Å². The summed E-state index contributed by atoms with van der Waals surface area (Å²) >= 11 is 0. The Kier molecular flexibility index (Phi) is 6.85. The second kappa shape index (κ2) is 8.15. The van der Waals surface area contributed by atoms with E-state index in [1.807, 2.05) is 24.3 Å². The standard InChI is InChI=1S/C15H22F3NO/c1-3-19-12(2)11-13-5-7-14(8-6-13)20-10-4-9-15(16,17)18/h5-8,12,19H,3-4,9-11H2,1-2H3. The van der Waals surface area contributed by atoms with Crippen molar-refractivity contribution in [1.29, 1.82) is 0 Å². The number of hydrogen-bond acceptors (Lipinski definition) is 2. The van der Waals surface area contributed by atoms with Gasteiger partial charge in [0.1, 0.15) is 5.75 Å². The van der Waals surface area contributed by atoms with E-state index in [9.17, 15) is 13.2 Å². The van der Waals surface area contributed by atoms with Crippen molar-refractivity contribution in [2.75, 3.05) is 13.2 Å². The molecule has 2 nitrogen and oxygen atoms in total. The molecule has 0 fully saturated rings. The molecule has 1 unspecified atom stereocenters. The van der Waals surface area contributed by atoms with Crippen molar-refractivity contribution in [2.45, 2.75) is 45.3 Å². The van der Waals surface area contributed by atoms with Crippen LogP contribution in [0.1, 0.15) is 32.3 Å². The third-order valence-corrected chi connectivity index (χ3v) is 2.89. The first-order valence-electron chi connectivity index (χ1n) is 6.92. The summed E-state index contributed by atoms with van der Waals surface area (Å²) in [6, 6.07) is 7.92. The van der Waals surface area contributed by atoms with Crippen LogP contribution in [-0.2, 0) is 6.42 Å². The Labute approximate surface area is 118 Å². The molecule has 0 saturated heterocycles. The fourth-order valence-electron chi connectivity index (χ4n) is 1.96. The van der Waals surface area contributed by atoms with Crippen LogP contribution in [-0.4, -0.2) is 25.4 Å². The van der Waals surface area contributed by atoms with E-state index in [-0.39, 0.29) is 13.0 Å². The minimum absolute atomic E-state index is 0.0112. The zero-order valence-corrected chi connectivity index (χ0v) is 12.0. The summed E-state index contributed by atoms with van der Waals surface area (Å²) in [6.07, 6.45) is -3.99. The number of hydrogen-bond donors (Lipinski definition) is 1. The van der Waals surface area contributed by atoms with Gasteiger partial charge in [-0.05, 0) is 44.0 Å². The lowest BCUT2D eigenvalue weighted by Gasteiger charge is -2.13. The summed E-state index contributed by atoms with van der Waals surface area (Å²) in [4.78, 5) is 0. The average Bonchev–Trinajstić information content (AvgIpc) is 2.36. The SMILES string of the molecule is CCNC(C)Cc1ccc(OCCCC(F)(F)F)cc1. The zero-order chi connectivity index (χ0) is 15.0. The highest BCUT2D eigenvalue weighted by molar-refractivity contribution is 5.27. The Morgan fingerprint density at radius 1 is 1.20 bits per heavy atom. The first kappa shape index (κ1) is 16.8. The third kappa shape index (κ3) is 7.38. The quantitative estimate of drug-likeness (QED) is 0.732. The first-order valence-corrected chi connectivity index (χ1v) is 6.92. The van der Waals surface area contributed by atoms with Crippen LogP contribution >= 0.6 is 0 Å². The number of alkyl halides is 3. The van der Waals surface area contributed by atoms with Gasteiger partial charge in [-0.2, -0.15) is 13.2 Å². The van der Waals surface area contributed by atoms with Crippen molar-refractivity contribution < 1.29 is 17.9 Å². The van der Waals surface area contributed by atoms with E-state index >= 15 is 0 Å². The van der Waals surface area contributed by atoms with Crippen LogP contribution in [0.2, 0.25) is 0 Å². The maximum atomic E-state index is 12.0. The molecule has 0 bridgehead atoms. The number of likely N-dealkylation sites (N-methyl/N-ethyl adjacent to an activating group) is 1. The van der Waals surface area contributed by atoms with Gasteiger partial charge in [-0.15, -0.1) is 0 Å². The van der Waals surface area contributed by atoms with Crippen LogP contribution in [0.15, 0.2) is 24.3 Å². The molecule has 20 heavy (non-hydrogen) atoms. The van der Waals surface area contributed by atoms with Gasteiger partial charge < -0.3 is 10.1 Å². The molecule has 5 heteroatoms. The molecule has 1 atom stereocenters. The first-order chi connectivity index (χ1) is 9.40. The van der Waals surface area contributed by atoms with E-state index in [4.69, 9.17) is 4.74 Å². The Balaban J connectivity index is 2.31. The van der Waals surface area contributed by atoms with Crippen molar-refractivity contribution >= 4 is 0 Å². The van der Waals surface area contributed by atoms with E-state index in [2.05, 4.69) is 19.2 Å². The van der Waals surface area contributed by atoms with Crippen LogP contribution in [0.4, 0.5) is 13.2 Å². The molecule has 0 amide bonds. The molecular weight excluding hydrogens is 267 g/mol. The molecule has 0 radical (unpaired) electrons. The molecule has 1 rings (SSSR count). The van der Waals surface area contributed by atoms with Gasteiger partial charge in [-0.1, -0.05) is 19.1 Å². The fourth-order valence-corrected chi connectivity index (χ4v) is 1.96. The number of halogens is 3. The molecule has 0 spiro atoms. The Hall–Kier alpha value is -1.23. The smallest absolute Gasteiger partial charge is 0.389 e. The van der Waals surface area contributed by atoms with Crippen molar-refractivity contribution in [3.63, 3.8) is 0 Å². The summed E-state index contributed by atoms with van der Waals surface area (Å²) < 4.78 is 41.2. The highest BCUT2D eigenvalue weighted by atomic mass is 19.4. The van der Waals surface area contributed by atoms with Crippen molar-refractivity contribution in [3.05, 3.63) is 29.8 Å². The molecule has 1 N–H and O–H groups in total. The summed E-state index contributed by atoms with van der Waals surface area (Å²) in [7, 11) is 0. The van der Waals surface area contributed by atoms with Gasteiger partial charge in [0, 0.05) is 12.5 Å². The van der Waals surface area contributed by atoms with Crippen LogP contribution in [0.5, 0.6) is 5.75 Å². The topological polar surface area (TPSA) is 21.3 Å². The van der Waals surface area contributed by atoms with Gasteiger partial charge in [0.05, 0.1) is 6.61 Å². The molecule has 0 aliphatic rings. The number of rotatable bonds is 8. The Bertz CT molecular complexity index is 376. The van der Waals surface area contributed by atoms with E-state index in [0.717, 1.165) is 13.0 Å². The zero-order valence-electron chi connectivity index (χ0n) is 12.0. The third-order valence-electron chi connectivity index (χ3n) is 2.89. The second-order valence-corrected chi connectivity index (χ2v) is 4.87. The molecule has 0 aromatic heterocycles.